The molecule has 5 aromatic rings. The van der Waals surface area contributed by atoms with Gasteiger partial charge in [0.2, 0.25) is 18.0 Å². The van der Waals surface area contributed by atoms with E-state index in [1.54, 1.807) is 12.1 Å². The van der Waals surface area contributed by atoms with Crippen molar-refractivity contribution >= 4 is 40.2 Å². The van der Waals surface area contributed by atoms with Crippen LogP contribution in [-0.2, 0) is 27.3 Å². The first kappa shape index (κ1) is 29.3. The molecule has 0 saturated heterocycles. The molecule has 1 aliphatic rings. The van der Waals surface area contributed by atoms with E-state index in [9.17, 15) is 23.2 Å². The van der Waals surface area contributed by atoms with Crippen molar-refractivity contribution in [1.29, 1.82) is 0 Å². The van der Waals surface area contributed by atoms with Crippen molar-refractivity contribution in [1.82, 2.24) is 20.9 Å². The largest absolute Gasteiger partial charge is 0.344 e. The minimum Gasteiger partial charge on any atom is -0.344 e. The molecule has 0 aliphatic carbocycles. The molecule has 1 unspecified atom stereocenters. The fourth-order valence-electron chi connectivity index (χ4n) is 5.14. The maximum Gasteiger partial charge on any atom is 0.272 e. The predicted molar refractivity (Wildman–Crippen MR) is 161 cm³/mol. The van der Waals surface area contributed by atoms with E-state index in [2.05, 4.69) is 20.9 Å². The Balaban J connectivity index is 1.29. The van der Waals surface area contributed by atoms with Crippen LogP contribution in [0.4, 0.5) is 14.5 Å². The lowest BCUT2D eigenvalue weighted by atomic mass is 10.00. The molecule has 1 aliphatic heterocycles. The molecular weight excluding hydrogens is 582 g/mol. The molecule has 3 amide bonds. The van der Waals surface area contributed by atoms with Crippen molar-refractivity contribution in [2.75, 3.05) is 4.90 Å². The highest BCUT2D eigenvalue weighted by Gasteiger charge is 2.34. The number of carbonyl (C=O) groups is 3. The number of amides is 3. The van der Waals surface area contributed by atoms with E-state index >= 15 is 0 Å². The van der Waals surface area contributed by atoms with E-state index < -0.39 is 41.6 Å². The van der Waals surface area contributed by atoms with Crippen LogP contribution in [0.25, 0.3) is 11.0 Å². The van der Waals surface area contributed by atoms with E-state index in [4.69, 9.17) is 9.62 Å². The molecule has 1 aromatic heterocycles. The van der Waals surface area contributed by atoms with Crippen LogP contribution in [0.15, 0.2) is 101 Å². The molecule has 2 atom stereocenters. The highest BCUT2D eigenvalue weighted by molar-refractivity contribution is 6.20. The summed E-state index contributed by atoms with van der Waals surface area (Å²) in [5.74, 6) is -3.44. The van der Waals surface area contributed by atoms with Gasteiger partial charge in [0.25, 0.3) is 5.91 Å². The van der Waals surface area contributed by atoms with Crippen LogP contribution >= 0.6 is 0 Å². The van der Waals surface area contributed by atoms with Gasteiger partial charge in [0.05, 0.1) is 24.4 Å². The van der Waals surface area contributed by atoms with E-state index in [1.807, 2.05) is 60.7 Å². The maximum absolute atomic E-state index is 14.2. The third-order valence-electron chi connectivity index (χ3n) is 7.25. The van der Waals surface area contributed by atoms with Gasteiger partial charge in [-0.15, -0.1) is 0 Å². The number of benzene rings is 4. The second-order valence-electron chi connectivity index (χ2n) is 10.5. The lowest BCUT2D eigenvalue weighted by Gasteiger charge is -2.26. The number of hydrogen-bond acceptors (Lipinski definition) is 7. The molecule has 4 aromatic carbocycles. The monoisotopic (exact) mass is 608 g/mol. The Morgan fingerprint density at radius 1 is 0.889 bits per heavy atom. The van der Waals surface area contributed by atoms with Crippen molar-refractivity contribution in [2.24, 2.45) is 4.99 Å². The zero-order valence-corrected chi connectivity index (χ0v) is 23.9. The van der Waals surface area contributed by atoms with Gasteiger partial charge in [0.15, 0.2) is 0 Å². The van der Waals surface area contributed by atoms with Crippen LogP contribution in [0.2, 0.25) is 0 Å². The number of anilines is 1. The Bertz CT molecular complexity index is 1920. The van der Waals surface area contributed by atoms with Crippen molar-refractivity contribution in [3.63, 3.8) is 0 Å². The first-order valence-electron chi connectivity index (χ1n) is 14.0. The van der Waals surface area contributed by atoms with E-state index in [0.29, 0.717) is 34.1 Å². The molecular formula is C33H26F2N6O4. The summed E-state index contributed by atoms with van der Waals surface area (Å²) in [6.07, 6.45) is -1.70. The highest BCUT2D eigenvalue weighted by Crippen LogP contribution is 2.30. The Morgan fingerprint density at radius 2 is 1.60 bits per heavy atom. The van der Waals surface area contributed by atoms with E-state index in [1.165, 1.54) is 11.8 Å². The number of nitrogens with one attached hydrogen (secondary N) is 2. The van der Waals surface area contributed by atoms with Crippen LogP contribution in [-0.4, -0.2) is 46.0 Å². The average molecular weight is 609 g/mol. The highest BCUT2D eigenvalue weighted by atomic mass is 19.1. The van der Waals surface area contributed by atoms with Gasteiger partial charge >= 0.3 is 0 Å². The van der Waals surface area contributed by atoms with Gasteiger partial charge in [-0.3, -0.25) is 14.4 Å². The third-order valence-corrected chi connectivity index (χ3v) is 7.25. The van der Waals surface area contributed by atoms with Gasteiger partial charge in [-0.2, -0.15) is 0 Å². The number of fused-ring (bicyclic) bond motifs is 2. The van der Waals surface area contributed by atoms with Crippen molar-refractivity contribution in [3.05, 3.63) is 125 Å². The van der Waals surface area contributed by atoms with Gasteiger partial charge < -0.3 is 15.5 Å². The Morgan fingerprint density at radius 3 is 2.38 bits per heavy atom. The molecule has 6 rings (SSSR count). The summed E-state index contributed by atoms with van der Waals surface area (Å²) in [7, 11) is 0. The Labute approximate surface area is 255 Å². The maximum atomic E-state index is 14.2. The first-order valence-corrected chi connectivity index (χ1v) is 14.0. The number of rotatable bonds is 8. The van der Waals surface area contributed by atoms with Gasteiger partial charge in [0.1, 0.15) is 28.7 Å². The average Bonchev–Trinajstić information content (AvgIpc) is 3.45. The number of aliphatic imine (C=N–C) groups is 1. The molecule has 2 N–H and O–H groups in total. The van der Waals surface area contributed by atoms with Gasteiger partial charge in [-0.1, -0.05) is 54.6 Å². The summed E-state index contributed by atoms with van der Waals surface area (Å²) in [6.45, 7) is 1.56. The van der Waals surface area contributed by atoms with Gasteiger partial charge in [-0.25, -0.2) is 18.4 Å². The number of nitrogens with zero attached hydrogens (tertiary/aromatic N) is 4. The molecule has 0 saturated carbocycles. The van der Waals surface area contributed by atoms with Crippen molar-refractivity contribution in [3.8, 4) is 0 Å². The lowest BCUT2D eigenvalue weighted by molar-refractivity contribution is -0.130. The normalized spacial score (nSPS) is 15.2. The second-order valence-corrected chi connectivity index (χ2v) is 10.5. The van der Waals surface area contributed by atoms with Crippen LogP contribution in [0.1, 0.15) is 29.2 Å². The molecule has 10 nitrogen and oxygen atoms in total. The number of benzodiazepines with no additional fused rings is 1. The third kappa shape index (κ3) is 6.44. The summed E-state index contributed by atoms with van der Waals surface area (Å²) in [4.78, 5) is 46.4. The molecule has 0 radical (unpaired) electrons. The van der Waals surface area contributed by atoms with Crippen LogP contribution in [0.3, 0.4) is 0 Å². The summed E-state index contributed by atoms with van der Waals surface area (Å²) < 4.78 is 32.0. The number of hydrogen-bond donors (Lipinski definition) is 2. The van der Waals surface area contributed by atoms with E-state index in [0.717, 1.165) is 23.3 Å². The van der Waals surface area contributed by atoms with Gasteiger partial charge in [0, 0.05) is 17.2 Å². The van der Waals surface area contributed by atoms with Crippen molar-refractivity contribution in [2.45, 2.75) is 32.1 Å². The number of para-hydroxylation sites is 1. The lowest BCUT2D eigenvalue weighted by Crippen LogP contribution is -2.53. The number of halogens is 2. The van der Waals surface area contributed by atoms with Gasteiger partial charge in [-0.05, 0) is 58.7 Å². The minimum atomic E-state index is -1.35. The zero-order valence-electron chi connectivity index (χ0n) is 23.9. The van der Waals surface area contributed by atoms with E-state index in [-0.39, 0.29) is 18.5 Å². The molecule has 0 spiro atoms. The Hall–Kier alpha value is -5.78. The van der Waals surface area contributed by atoms with Crippen LogP contribution in [0.5, 0.6) is 0 Å². The molecule has 0 bridgehead atoms. The minimum absolute atomic E-state index is 0.113. The summed E-state index contributed by atoms with van der Waals surface area (Å²) in [5.41, 5.74) is 4.45. The van der Waals surface area contributed by atoms with Crippen LogP contribution in [0, 0.1) is 11.6 Å². The summed E-state index contributed by atoms with van der Waals surface area (Å²) >= 11 is 0. The summed E-state index contributed by atoms with van der Waals surface area (Å²) in [6, 6.07) is 23.6. The number of aromatic nitrogens is 2. The Kier molecular flexibility index (Phi) is 8.10. The summed E-state index contributed by atoms with van der Waals surface area (Å²) in [5, 5.41) is 12.9. The molecule has 0 fully saturated rings. The topological polar surface area (TPSA) is 130 Å². The second kappa shape index (κ2) is 12.4. The zero-order chi connectivity index (χ0) is 31.5. The standard InChI is InChI=1S/C33H26F2N6O4/c1-19(36-29(42)16-21-13-23(34)17-24(35)14-21)32(43)38-31-33(44)41(18-20-11-12-26-27(15-20)40-45-39-26)28-10-6-5-9-25(28)30(37-31)22-7-3-2-4-8-22/h2-15,17,19,31H,16,18H2,1H3,(H,36,42)(H,38,43)/t19-,31?/m0/s1. The molecule has 226 valence electrons. The molecule has 12 heteroatoms. The van der Waals surface area contributed by atoms with Crippen molar-refractivity contribution < 1.29 is 27.8 Å². The smallest absolute Gasteiger partial charge is 0.272 e. The predicted octanol–water partition coefficient (Wildman–Crippen LogP) is 4.07. The fraction of sp³-hybridized carbons (Fsp3) is 0.152. The molecule has 45 heavy (non-hydrogen) atoms. The molecule has 2 heterocycles. The number of carbonyl (C=O) groups excluding carboxylic acids is 3. The fourth-order valence-corrected chi connectivity index (χ4v) is 5.14. The van der Waals surface area contributed by atoms with Crippen LogP contribution < -0.4 is 15.5 Å². The quantitative estimate of drug-likeness (QED) is 0.273. The first-order chi connectivity index (χ1) is 21.7. The SMILES string of the molecule is C[C@H](NC(=O)Cc1cc(F)cc(F)c1)C(=O)NC1N=C(c2ccccc2)c2ccccc2N(Cc2ccc3nonc3c2)C1=O.